The predicted octanol–water partition coefficient (Wildman–Crippen LogP) is 2.07. The minimum absolute atomic E-state index is 0.0614. The number of hydrogen-bond acceptors (Lipinski definition) is 3. The minimum Gasteiger partial charge on any atom is -0.349 e. The number of rotatable bonds is 8. The SMILES string of the molecule is CCn1cc(S(=O)(=O)NC(C)CCC(C)C)cc1CN. The number of nitrogens with two attached hydrogens (primary N) is 1. The molecule has 116 valence electrons. The van der Waals surface area contributed by atoms with E-state index in [1.807, 2.05) is 18.4 Å². The summed E-state index contributed by atoms with van der Waals surface area (Å²) in [7, 11) is -3.46. The fourth-order valence-electron chi connectivity index (χ4n) is 2.11. The summed E-state index contributed by atoms with van der Waals surface area (Å²) < 4.78 is 29.2. The van der Waals surface area contributed by atoms with Gasteiger partial charge >= 0.3 is 0 Å². The summed E-state index contributed by atoms with van der Waals surface area (Å²) in [6.07, 6.45) is 3.50. The fraction of sp³-hybridized carbons (Fsp3) is 0.714. The Labute approximate surface area is 122 Å². The summed E-state index contributed by atoms with van der Waals surface area (Å²) in [5.41, 5.74) is 6.46. The van der Waals surface area contributed by atoms with E-state index in [-0.39, 0.29) is 6.04 Å². The lowest BCUT2D eigenvalue weighted by molar-refractivity contribution is 0.485. The van der Waals surface area contributed by atoms with Crippen LogP contribution in [0, 0.1) is 5.92 Å². The Morgan fingerprint density at radius 1 is 1.30 bits per heavy atom. The number of nitrogens with zero attached hydrogens (tertiary/aromatic N) is 1. The molecular formula is C14H27N3O2S. The predicted molar refractivity (Wildman–Crippen MR) is 81.9 cm³/mol. The van der Waals surface area contributed by atoms with Crippen molar-refractivity contribution in [3.8, 4) is 0 Å². The Kier molecular flexibility index (Phi) is 6.23. The highest BCUT2D eigenvalue weighted by molar-refractivity contribution is 7.89. The van der Waals surface area contributed by atoms with Crippen LogP contribution in [0.25, 0.3) is 0 Å². The average molecular weight is 301 g/mol. The molecule has 1 heterocycles. The van der Waals surface area contributed by atoms with Crippen LogP contribution in [0.15, 0.2) is 17.2 Å². The molecule has 1 aromatic heterocycles. The van der Waals surface area contributed by atoms with Crippen LogP contribution in [0.1, 0.15) is 46.2 Å². The van der Waals surface area contributed by atoms with Crippen LogP contribution in [0.2, 0.25) is 0 Å². The normalized spacial score (nSPS) is 13.9. The van der Waals surface area contributed by atoms with Gasteiger partial charge in [0.15, 0.2) is 0 Å². The lowest BCUT2D eigenvalue weighted by Gasteiger charge is -2.14. The van der Waals surface area contributed by atoms with Crippen molar-refractivity contribution >= 4 is 10.0 Å². The van der Waals surface area contributed by atoms with Gasteiger partial charge in [-0.15, -0.1) is 0 Å². The first-order valence-electron chi connectivity index (χ1n) is 7.21. The highest BCUT2D eigenvalue weighted by Crippen LogP contribution is 2.16. The molecule has 0 spiro atoms. The molecule has 1 rings (SSSR count). The summed E-state index contributed by atoms with van der Waals surface area (Å²) >= 11 is 0. The van der Waals surface area contributed by atoms with E-state index in [0.29, 0.717) is 23.9 Å². The summed E-state index contributed by atoms with van der Waals surface area (Å²) in [6.45, 7) is 9.19. The zero-order chi connectivity index (χ0) is 15.3. The lowest BCUT2D eigenvalue weighted by atomic mass is 10.1. The Bertz CT molecular complexity index is 499. The second-order valence-corrected chi connectivity index (χ2v) is 7.36. The Morgan fingerprint density at radius 2 is 1.95 bits per heavy atom. The van der Waals surface area contributed by atoms with Crippen molar-refractivity contribution in [3.05, 3.63) is 18.0 Å². The van der Waals surface area contributed by atoms with Gasteiger partial charge in [0, 0.05) is 31.0 Å². The number of nitrogens with one attached hydrogen (secondary N) is 1. The van der Waals surface area contributed by atoms with Crippen molar-refractivity contribution in [3.63, 3.8) is 0 Å². The van der Waals surface area contributed by atoms with Crippen molar-refractivity contribution < 1.29 is 8.42 Å². The first-order chi connectivity index (χ1) is 9.30. The molecule has 0 saturated carbocycles. The molecule has 1 unspecified atom stereocenters. The molecule has 0 aliphatic carbocycles. The van der Waals surface area contributed by atoms with Crippen LogP contribution in [0.3, 0.4) is 0 Å². The molecule has 0 aromatic carbocycles. The van der Waals surface area contributed by atoms with E-state index in [1.54, 1.807) is 12.3 Å². The van der Waals surface area contributed by atoms with E-state index in [9.17, 15) is 8.42 Å². The minimum atomic E-state index is -3.46. The molecule has 20 heavy (non-hydrogen) atoms. The van der Waals surface area contributed by atoms with Gasteiger partial charge in [-0.25, -0.2) is 13.1 Å². The van der Waals surface area contributed by atoms with Gasteiger partial charge in [0.2, 0.25) is 10.0 Å². The molecule has 0 bridgehead atoms. The Balaban J connectivity index is 2.80. The monoisotopic (exact) mass is 301 g/mol. The third-order valence-corrected chi connectivity index (χ3v) is 4.91. The summed E-state index contributed by atoms with van der Waals surface area (Å²) in [5, 5.41) is 0. The smallest absolute Gasteiger partial charge is 0.242 e. The molecular weight excluding hydrogens is 274 g/mol. The van der Waals surface area contributed by atoms with E-state index in [4.69, 9.17) is 5.73 Å². The highest BCUT2D eigenvalue weighted by atomic mass is 32.2. The largest absolute Gasteiger partial charge is 0.349 e. The number of aromatic nitrogens is 1. The molecule has 5 nitrogen and oxygen atoms in total. The van der Waals surface area contributed by atoms with Gasteiger partial charge in [0.25, 0.3) is 0 Å². The second-order valence-electron chi connectivity index (χ2n) is 5.65. The van der Waals surface area contributed by atoms with Gasteiger partial charge in [-0.3, -0.25) is 0 Å². The highest BCUT2D eigenvalue weighted by Gasteiger charge is 2.20. The maximum absolute atomic E-state index is 12.3. The van der Waals surface area contributed by atoms with Crippen molar-refractivity contribution in [1.29, 1.82) is 0 Å². The van der Waals surface area contributed by atoms with Crippen LogP contribution in [-0.4, -0.2) is 19.0 Å². The van der Waals surface area contributed by atoms with Crippen LogP contribution in [-0.2, 0) is 23.1 Å². The molecule has 1 aromatic rings. The standard InChI is InChI=1S/C14H27N3O2S/c1-5-17-10-14(8-13(17)9-15)20(18,19)16-12(4)7-6-11(2)3/h8,10-12,16H,5-7,9,15H2,1-4H3. The molecule has 3 N–H and O–H groups in total. The topological polar surface area (TPSA) is 77.1 Å². The van der Waals surface area contributed by atoms with Crippen molar-refractivity contribution in [2.45, 2.75) is 64.6 Å². The Morgan fingerprint density at radius 3 is 2.40 bits per heavy atom. The van der Waals surface area contributed by atoms with Crippen LogP contribution < -0.4 is 10.5 Å². The molecule has 1 atom stereocenters. The quantitative estimate of drug-likeness (QED) is 0.771. The number of hydrogen-bond donors (Lipinski definition) is 2. The molecule has 0 amide bonds. The van der Waals surface area contributed by atoms with Gasteiger partial charge in [0.1, 0.15) is 0 Å². The molecule has 0 radical (unpaired) electrons. The first-order valence-corrected chi connectivity index (χ1v) is 8.69. The van der Waals surface area contributed by atoms with E-state index >= 15 is 0 Å². The molecule has 0 aliphatic rings. The molecule has 6 heteroatoms. The van der Waals surface area contributed by atoms with Gasteiger partial charge < -0.3 is 10.3 Å². The average Bonchev–Trinajstić information content (AvgIpc) is 2.79. The Hall–Kier alpha value is -0.850. The van der Waals surface area contributed by atoms with Crippen LogP contribution >= 0.6 is 0 Å². The van der Waals surface area contributed by atoms with E-state index in [0.717, 1.165) is 18.5 Å². The van der Waals surface area contributed by atoms with Gasteiger partial charge in [0.05, 0.1) is 4.90 Å². The molecule has 0 fully saturated rings. The third kappa shape index (κ3) is 4.61. The van der Waals surface area contributed by atoms with Crippen LogP contribution in [0.5, 0.6) is 0 Å². The third-order valence-electron chi connectivity index (χ3n) is 3.35. The zero-order valence-corrected chi connectivity index (χ0v) is 13.7. The maximum Gasteiger partial charge on any atom is 0.242 e. The number of sulfonamides is 1. The lowest BCUT2D eigenvalue weighted by Crippen LogP contribution is -2.32. The summed E-state index contributed by atoms with van der Waals surface area (Å²) in [6, 6.07) is 1.59. The van der Waals surface area contributed by atoms with Crippen molar-refractivity contribution in [1.82, 2.24) is 9.29 Å². The van der Waals surface area contributed by atoms with Crippen LogP contribution in [0.4, 0.5) is 0 Å². The van der Waals surface area contributed by atoms with E-state index < -0.39 is 10.0 Å². The molecule has 0 saturated heterocycles. The fourth-order valence-corrected chi connectivity index (χ4v) is 3.45. The van der Waals surface area contributed by atoms with Crippen molar-refractivity contribution in [2.24, 2.45) is 11.7 Å². The molecule has 0 aliphatic heterocycles. The van der Waals surface area contributed by atoms with Gasteiger partial charge in [-0.2, -0.15) is 0 Å². The number of aryl methyl sites for hydroxylation is 1. The summed E-state index contributed by atoms with van der Waals surface area (Å²) in [5.74, 6) is 0.576. The van der Waals surface area contributed by atoms with E-state index in [2.05, 4.69) is 18.6 Å². The first kappa shape index (κ1) is 17.2. The van der Waals surface area contributed by atoms with Gasteiger partial charge in [-0.1, -0.05) is 13.8 Å². The summed E-state index contributed by atoms with van der Waals surface area (Å²) in [4.78, 5) is 0.302. The van der Waals surface area contributed by atoms with Crippen molar-refractivity contribution in [2.75, 3.05) is 0 Å². The zero-order valence-electron chi connectivity index (χ0n) is 12.9. The van der Waals surface area contributed by atoms with Gasteiger partial charge in [-0.05, 0) is 38.7 Å². The second kappa shape index (κ2) is 7.24. The van der Waals surface area contributed by atoms with E-state index in [1.165, 1.54) is 0 Å². The maximum atomic E-state index is 12.3.